The van der Waals surface area contributed by atoms with Gasteiger partial charge < -0.3 is 14.4 Å². The van der Waals surface area contributed by atoms with Crippen molar-refractivity contribution in [1.82, 2.24) is 0 Å². The molecule has 1 aliphatic rings. The maximum atomic E-state index is 12.5. The van der Waals surface area contributed by atoms with Gasteiger partial charge in [-0.2, -0.15) is 0 Å². The summed E-state index contributed by atoms with van der Waals surface area (Å²) in [5.74, 6) is 0.0538. The van der Waals surface area contributed by atoms with E-state index in [1.54, 1.807) is 24.3 Å². The first kappa shape index (κ1) is 16.7. The van der Waals surface area contributed by atoms with Crippen LogP contribution in [0.5, 0.6) is 5.75 Å². The van der Waals surface area contributed by atoms with Gasteiger partial charge in [-0.1, -0.05) is 24.3 Å². The van der Waals surface area contributed by atoms with Gasteiger partial charge >= 0.3 is 7.12 Å². The second-order valence-electron chi connectivity index (χ2n) is 7.09. The van der Waals surface area contributed by atoms with E-state index in [2.05, 4.69) is 0 Å². The summed E-state index contributed by atoms with van der Waals surface area (Å²) in [7, 11) is -0.437. The van der Waals surface area contributed by atoms with Crippen molar-refractivity contribution >= 4 is 18.4 Å². The Labute approximate surface area is 142 Å². The van der Waals surface area contributed by atoms with Crippen molar-refractivity contribution in [2.75, 3.05) is 0 Å². The van der Waals surface area contributed by atoms with E-state index in [1.807, 2.05) is 39.8 Å². The lowest BCUT2D eigenvalue weighted by molar-refractivity contribution is 0.00578. The number of phenolic OH excluding ortho intramolecular Hbond substituents is 1. The van der Waals surface area contributed by atoms with Gasteiger partial charge in [0.1, 0.15) is 5.75 Å². The van der Waals surface area contributed by atoms with Crippen LogP contribution in [-0.2, 0) is 9.31 Å². The average Bonchev–Trinajstić information content (AvgIpc) is 2.76. The van der Waals surface area contributed by atoms with Crippen LogP contribution in [0.2, 0.25) is 0 Å². The minimum absolute atomic E-state index is 0.0875. The minimum Gasteiger partial charge on any atom is -0.508 e. The third kappa shape index (κ3) is 2.97. The molecule has 0 atom stereocenters. The second kappa shape index (κ2) is 5.76. The smallest absolute Gasteiger partial charge is 0.494 e. The van der Waals surface area contributed by atoms with Crippen LogP contribution in [0.4, 0.5) is 0 Å². The molecule has 0 saturated carbocycles. The van der Waals surface area contributed by atoms with E-state index in [9.17, 15) is 9.90 Å². The predicted molar refractivity (Wildman–Crippen MR) is 93.7 cm³/mol. The summed E-state index contributed by atoms with van der Waals surface area (Å²) in [4.78, 5) is 12.5. The number of hydrogen-bond donors (Lipinski definition) is 1. The van der Waals surface area contributed by atoms with Gasteiger partial charge in [-0.25, -0.2) is 0 Å². The Morgan fingerprint density at radius 3 is 1.71 bits per heavy atom. The van der Waals surface area contributed by atoms with E-state index in [4.69, 9.17) is 9.31 Å². The molecule has 1 heterocycles. The summed E-state index contributed by atoms with van der Waals surface area (Å²) in [6.45, 7) is 8.04. The van der Waals surface area contributed by atoms with E-state index < -0.39 is 18.3 Å². The third-order valence-electron chi connectivity index (χ3n) is 4.83. The molecule has 0 aromatic heterocycles. The number of phenols is 1. The third-order valence-corrected chi connectivity index (χ3v) is 4.83. The van der Waals surface area contributed by atoms with Crippen LogP contribution >= 0.6 is 0 Å². The van der Waals surface area contributed by atoms with Crippen molar-refractivity contribution in [3.05, 3.63) is 59.7 Å². The summed E-state index contributed by atoms with van der Waals surface area (Å²) in [6, 6.07) is 13.5. The van der Waals surface area contributed by atoms with E-state index in [0.29, 0.717) is 11.1 Å². The van der Waals surface area contributed by atoms with E-state index in [-0.39, 0.29) is 11.5 Å². The predicted octanol–water partition coefficient (Wildman–Crippen LogP) is 2.92. The Morgan fingerprint density at radius 1 is 0.833 bits per heavy atom. The van der Waals surface area contributed by atoms with Crippen LogP contribution in [-0.4, -0.2) is 29.2 Å². The standard InChI is InChI=1S/C19H21BO4/c1-18(2)19(3,4)24-20(23-18)15-9-5-13(6-10-15)17(22)14-7-11-16(21)12-8-14/h5-12,21H,1-4H3. The molecule has 0 amide bonds. The average molecular weight is 324 g/mol. The quantitative estimate of drug-likeness (QED) is 0.697. The number of carbonyl (C=O) groups is 1. The fourth-order valence-corrected chi connectivity index (χ4v) is 2.55. The molecule has 2 aromatic rings. The van der Waals surface area contributed by atoms with Crippen LogP contribution in [0.3, 0.4) is 0 Å². The highest BCUT2D eigenvalue weighted by molar-refractivity contribution is 6.62. The molecule has 1 N–H and O–H groups in total. The van der Waals surface area contributed by atoms with Gasteiger partial charge in [-0.15, -0.1) is 0 Å². The maximum Gasteiger partial charge on any atom is 0.494 e. The van der Waals surface area contributed by atoms with Crippen molar-refractivity contribution in [1.29, 1.82) is 0 Å². The zero-order valence-corrected chi connectivity index (χ0v) is 14.4. The Kier molecular flexibility index (Phi) is 4.02. The number of hydrogen-bond acceptors (Lipinski definition) is 4. The summed E-state index contributed by atoms with van der Waals surface area (Å²) in [6.07, 6.45) is 0. The van der Waals surface area contributed by atoms with Crippen molar-refractivity contribution in [2.24, 2.45) is 0 Å². The molecule has 3 rings (SSSR count). The Balaban J connectivity index is 1.79. The first-order chi connectivity index (χ1) is 11.2. The highest BCUT2D eigenvalue weighted by atomic mass is 16.7. The molecular formula is C19H21BO4. The lowest BCUT2D eigenvalue weighted by atomic mass is 9.78. The fraction of sp³-hybridized carbons (Fsp3) is 0.316. The molecular weight excluding hydrogens is 303 g/mol. The molecule has 124 valence electrons. The molecule has 1 aliphatic heterocycles. The fourth-order valence-electron chi connectivity index (χ4n) is 2.55. The first-order valence-electron chi connectivity index (χ1n) is 7.99. The maximum absolute atomic E-state index is 12.5. The van der Waals surface area contributed by atoms with E-state index in [0.717, 1.165) is 5.46 Å². The molecule has 5 heteroatoms. The van der Waals surface area contributed by atoms with Crippen LogP contribution in [0.15, 0.2) is 48.5 Å². The Morgan fingerprint density at radius 2 is 1.25 bits per heavy atom. The van der Waals surface area contributed by atoms with Crippen molar-refractivity contribution in [2.45, 2.75) is 38.9 Å². The number of benzene rings is 2. The zero-order valence-electron chi connectivity index (χ0n) is 14.4. The molecule has 0 radical (unpaired) electrons. The first-order valence-corrected chi connectivity index (χ1v) is 7.99. The number of aromatic hydroxyl groups is 1. The van der Waals surface area contributed by atoms with Crippen LogP contribution in [0.25, 0.3) is 0 Å². The molecule has 1 fully saturated rings. The van der Waals surface area contributed by atoms with Gasteiger partial charge in [0.15, 0.2) is 5.78 Å². The zero-order chi connectivity index (χ0) is 17.5. The van der Waals surface area contributed by atoms with Gasteiger partial charge in [-0.05, 0) is 57.4 Å². The van der Waals surface area contributed by atoms with Crippen LogP contribution < -0.4 is 5.46 Å². The molecule has 0 bridgehead atoms. The van der Waals surface area contributed by atoms with Gasteiger partial charge in [0, 0.05) is 11.1 Å². The van der Waals surface area contributed by atoms with Crippen molar-refractivity contribution in [3.8, 4) is 5.75 Å². The number of ketones is 1. The van der Waals surface area contributed by atoms with E-state index in [1.165, 1.54) is 12.1 Å². The van der Waals surface area contributed by atoms with E-state index >= 15 is 0 Å². The minimum atomic E-state index is -0.437. The molecule has 24 heavy (non-hydrogen) atoms. The largest absolute Gasteiger partial charge is 0.508 e. The molecule has 0 aliphatic carbocycles. The molecule has 4 nitrogen and oxygen atoms in total. The second-order valence-corrected chi connectivity index (χ2v) is 7.09. The van der Waals surface area contributed by atoms with Crippen molar-refractivity contribution in [3.63, 3.8) is 0 Å². The van der Waals surface area contributed by atoms with Gasteiger partial charge in [0.05, 0.1) is 11.2 Å². The Hall–Kier alpha value is -2.11. The highest BCUT2D eigenvalue weighted by Gasteiger charge is 2.51. The normalized spacial score (nSPS) is 18.6. The van der Waals surface area contributed by atoms with Gasteiger partial charge in [0.25, 0.3) is 0 Å². The van der Waals surface area contributed by atoms with Gasteiger partial charge in [-0.3, -0.25) is 4.79 Å². The molecule has 1 saturated heterocycles. The van der Waals surface area contributed by atoms with Gasteiger partial charge in [0.2, 0.25) is 0 Å². The summed E-state index contributed by atoms with van der Waals surface area (Å²) in [5.41, 5.74) is 1.23. The Bertz CT molecular complexity index is 732. The summed E-state index contributed by atoms with van der Waals surface area (Å²) >= 11 is 0. The topological polar surface area (TPSA) is 55.8 Å². The lowest BCUT2D eigenvalue weighted by Gasteiger charge is -2.32. The summed E-state index contributed by atoms with van der Waals surface area (Å²) in [5, 5.41) is 9.31. The highest BCUT2D eigenvalue weighted by Crippen LogP contribution is 2.36. The monoisotopic (exact) mass is 324 g/mol. The molecule has 0 unspecified atom stereocenters. The lowest BCUT2D eigenvalue weighted by Crippen LogP contribution is -2.41. The summed E-state index contributed by atoms with van der Waals surface area (Å²) < 4.78 is 12.0. The number of carbonyl (C=O) groups excluding carboxylic acids is 1. The molecule has 0 spiro atoms. The van der Waals surface area contributed by atoms with Crippen molar-refractivity contribution < 1.29 is 19.2 Å². The van der Waals surface area contributed by atoms with Crippen LogP contribution in [0.1, 0.15) is 43.6 Å². The number of rotatable bonds is 3. The molecule has 2 aromatic carbocycles. The SMILES string of the molecule is CC1(C)OB(c2ccc(C(=O)c3ccc(O)cc3)cc2)OC1(C)C. The van der Waals surface area contributed by atoms with Crippen LogP contribution in [0, 0.1) is 0 Å².